The van der Waals surface area contributed by atoms with E-state index in [-0.39, 0.29) is 45.7 Å². The Hall–Kier alpha value is -2.69. The van der Waals surface area contributed by atoms with Crippen LogP contribution in [0, 0.1) is 17.3 Å². The molecule has 0 bridgehead atoms. The highest BCUT2D eigenvalue weighted by atomic mass is 16.3. The number of phenols is 2. The van der Waals surface area contributed by atoms with Gasteiger partial charge in [0.05, 0.1) is 5.56 Å². The van der Waals surface area contributed by atoms with E-state index in [4.69, 9.17) is 0 Å². The smallest absolute Gasteiger partial charge is 0.170 e. The second kappa shape index (κ2) is 7.53. The molecule has 0 amide bonds. The van der Waals surface area contributed by atoms with Crippen LogP contribution in [-0.4, -0.2) is 28.1 Å². The topological polar surface area (TPSA) is 91.7 Å². The van der Waals surface area contributed by atoms with Crippen LogP contribution in [0.2, 0.25) is 0 Å². The van der Waals surface area contributed by atoms with Gasteiger partial charge in [0, 0.05) is 28.0 Å². The molecule has 1 aromatic rings. The second-order valence-electron chi connectivity index (χ2n) is 9.41. The summed E-state index contributed by atoms with van der Waals surface area (Å²) in [6.07, 6.45) is 5.51. The molecule has 0 radical (unpaired) electrons. The molecule has 0 saturated carbocycles. The third kappa shape index (κ3) is 3.03. The molecule has 0 aromatic heterocycles. The average molecular weight is 411 g/mol. The summed E-state index contributed by atoms with van der Waals surface area (Å²) in [6.45, 7) is 11.3. The van der Waals surface area contributed by atoms with Gasteiger partial charge in [-0.2, -0.15) is 0 Å². The lowest BCUT2D eigenvalue weighted by atomic mass is 9.53. The monoisotopic (exact) mass is 410 g/mol. The number of carbonyl (C=O) groups is 3. The molecule has 0 fully saturated rings. The SMILES string of the molecule is CC(C)=CC[C@@H]1C(C)=CC[C@]2(C)C(=O)c3c(c(C=O)c(O)c(O)c3C(C)C)C(=O)[C@H]12. The van der Waals surface area contributed by atoms with Crippen molar-refractivity contribution < 1.29 is 24.6 Å². The third-order valence-electron chi connectivity index (χ3n) is 6.79. The Morgan fingerprint density at radius 1 is 1.20 bits per heavy atom. The molecule has 1 aromatic carbocycles. The number of Topliss-reactive ketones (excluding diaryl/α,β-unsaturated/α-hetero) is 2. The fraction of sp³-hybridized carbons (Fsp3) is 0.480. The quantitative estimate of drug-likeness (QED) is 0.396. The van der Waals surface area contributed by atoms with Crippen LogP contribution >= 0.6 is 0 Å². The fourth-order valence-corrected chi connectivity index (χ4v) is 5.12. The highest BCUT2D eigenvalue weighted by Gasteiger charge is 2.56. The number of hydrogen-bond donors (Lipinski definition) is 2. The van der Waals surface area contributed by atoms with Crippen LogP contribution in [0.25, 0.3) is 0 Å². The highest BCUT2D eigenvalue weighted by molar-refractivity contribution is 6.22. The van der Waals surface area contributed by atoms with Crippen molar-refractivity contribution in [1.82, 2.24) is 0 Å². The molecule has 3 atom stereocenters. The number of phenolic OH excluding ortho intramolecular Hbond substituents is 2. The molecule has 0 aliphatic heterocycles. The summed E-state index contributed by atoms with van der Waals surface area (Å²) in [5.41, 5.74) is 1.23. The molecule has 0 spiro atoms. The van der Waals surface area contributed by atoms with Crippen molar-refractivity contribution in [3.63, 3.8) is 0 Å². The molecule has 2 aliphatic rings. The van der Waals surface area contributed by atoms with Crippen molar-refractivity contribution >= 4 is 17.9 Å². The zero-order valence-electron chi connectivity index (χ0n) is 18.5. The fourth-order valence-electron chi connectivity index (χ4n) is 5.12. The maximum Gasteiger partial charge on any atom is 0.170 e. The first-order chi connectivity index (χ1) is 14.0. The van der Waals surface area contributed by atoms with Gasteiger partial charge in [-0.15, -0.1) is 0 Å². The summed E-state index contributed by atoms with van der Waals surface area (Å²) >= 11 is 0. The standard InChI is InChI=1S/C25H30O5/c1-12(2)7-8-15-14(5)9-10-25(6)20(15)22(28)18-16(11-26)21(27)23(29)17(13(3)4)19(18)24(25)30/h7,9,11,13,15,20,27,29H,8,10H2,1-6H3/t15-,20+,25+/m1/s1. The van der Waals surface area contributed by atoms with E-state index in [2.05, 4.69) is 6.08 Å². The van der Waals surface area contributed by atoms with Crippen molar-refractivity contribution in [3.8, 4) is 11.5 Å². The molecule has 30 heavy (non-hydrogen) atoms. The number of ketones is 2. The molecular formula is C25H30O5. The Morgan fingerprint density at radius 2 is 1.83 bits per heavy atom. The van der Waals surface area contributed by atoms with Gasteiger partial charge < -0.3 is 10.2 Å². The van der Waals surface area contributed by atoms with Crippen molar-refractivity contribution in [1.29, 1.82) is 0 Å². The van der Waals surface area contributed by atoms with Crippen LogP contribution in [0.4, 0.5) is 0 Å². The highest BCUT2D eigenvalue weighted by Crippen LogP contribution is 2.55. The normalized spacial score (nSPS) is 25.5. The van der Waals surface area contributed by atoms with Crippen LogP contribution in [0.5, 0.6) is 11.5 Å². The first-order valence-electron chi connectivity index (χ1n) is 10.4. The Labute approximate surface area is 177 Å². The van der Waals surface area contributed by atoms with E-state index in [1.807, 2.05) is 33.8 Å². The molecular weight excluding hydrogens is 380 g/mol. The summed E-state index contributed by atoms with van der Waals surface area (Å²) in [5, 5.41) is 21.0. The maximum absolute atomic E-state index is 13.9. The number of allylic oxidation sites excluding steroid dienone is 4. The minimum Gasteiger partial charge on any atom is -0.504 e. The molecule has 2 aliphatic carbocycles. The zero-order chi connectivity index (χ0) is 22.5. The summed E-state index contributed by atoms with van der Waals surface area (Å²) < 4.78 is 0. The van der Waals surface area contributed by atoms with E-state index in [1.54, 1.807) is 13.8 Å². The van der Waals surface area contributed by atoms with Crippen molar-refractivity contribution in [2.24, 2.45) is 17.3 Å². The number of hydrogen-bond acceptors (Lipinski definition) is 5. The molecule has 0 unspecified atom stereocenters. The Morgan fingerprint density at radius 3 is 2.37 bits per heavy atom. The first kappa shape index (κ1) is 22.0. The summed E-state index contributed by atoms with van der Waals surface area (Å²) in [6, 6.07) is 0. The lowest BCUT2D eigenvalue weighted by Gasteiger charge is -2.47. The van der Waals surface area contributed by atoms with Crippen LogP contribution in [0.15, 0.2) is 23.3 Å². The van der Waals surface area contributed by atoms with Crippen molar-refractivity contribution in [2.75, 3.05) is 0 Å². The Bertz CT molecular complexity index is 1010. The first-order valence-corrected chi connectivity index (χ1v) is 10.4. The number of aromatic hydroxyl groups is 2. The van der Waals surface area contributed by atoms with E-state index >= 15 is 0 Å². The molecule has 5 heteroatoms. The van der Waals surface area contributed by atoms with Gasteiger partial charge in [0.2, 0.25) is 0 Å². The second-order valence-corrected chi connectivity index (χ2v) is 9.41. The summed E-state index contributed by atoms with van der Waals surface area (Å²) in [5.74, 6) is -2.76. The predicted octanol–water partition coefficient (Wildman–Crippen LogP) is 5.36. The van der Waals surface area contributed by atoms with Gasteiger partial charge >= 0.3 is 0 Å². The van der Waals surface area contributed by atoms with E-state index in [0.29, 0.717) is 19.1 Å². The predicted molar refractivity (Wildman–Crippen MR) is 115 cm³/mol. The van der Waals surface area contributed by atoms with Gasteiger partial charge in [-0.1, -0.05) is 44.1 Å². The van der Waals surface area contributed by atoms with Gasteiger partial charge in [0.15, 0.2) is 29.4 Å². The molecule has 0 heterocycles. The molecule has 5 nitrogen and oxygen atoms in total. The molecule has 2 N–H and O–H groups in total. The number of benzene rings is 1. The van der Waals surface area contributed by atoms with E-state index in [9.17, 15) is 24.6 Å². The maximum atomic E-state index is 13.9. The number of carbonyl (C=O) groups excluding carboxylic acids is 3. The lowest BCUT2D eigenvalue weighted by Crippen LogP contribution is -2.51. The van der Waals surface area contributed by atoms with Crippen molar-refractivity contribution in [2.45, 2.75) is 60.3 Å². The van der Waals surface area contributed by atoms with Gasteiger partial charge in [-0.25, -0.2) is 0 Å². The van der Waals surface area contributed by atoms with Crippen LogP contribution in [-0.2, 0) is 0 Å². The van der Waals surface area contributed by atoms with Crippen LogP contribution in [0.1, 0.15) is 96.9 Å². The van der Waals surface area contributed by atoms with E-state index in [1.165, 1.54) is 0 Å². The third-order valence-corrected chi connectivity index (χ3v) is 6.79. The summed E-state index contributed by atoms with van der Waals surface area (Å²) in [4.78, 5) is 39.6. The number of aldehydes is 1. The minimum absolute atomic E-state index is 0.0339. The van der Waals surface area contributed by atoms with Crippen molar-refractivity contribution in [3.05, 3.63) is 45.6 Å². The number of fused-ring (bicyclic) bond motifs is 2. The Kier molecular flexibility index (Phi) is 5.52. The Balaban J connectivity index is 2.36. The average Bonchev–Trinajstić information content (AvgIpc) is 2.67. The zero-order valence-corrected chi connectivity index (χ0v) is 18.5. The molecule has 0 saturated heterocycles. The van der Waals surface area contributed by atoms with E-state index in [0.717, 1.165) is 11.1 Å². The summed E-state index contributed by atoms with van der Waals surface area (Å²) in [7, 11) is 0. The van der Waals surface area contributed by atoms with Gasteiger partial charge in [0.25, 0.3) is 0 Å². The van der Waals surface area contributed by atoms with Crippen LogP contribution < -0.4 is 0 Å². The van der Waals surface area contributed by atoms with Gasteiger partial charge in [-0.3, -0.25) is 14.4 Å². The van der Waals surface area contributed by atoms with Gasteiger partial charge in [0.1, 0.15) is 0 Å². The lowest BCUT2D eigenvalue weighted by molar-refractivity contribution is 0.0480. The van der Waals surface area contributed by atoms with Crippen LogP contribution in [0.3, 0.4) is 0 Å². The largest absolute Gasteiger partial charge is 0.504 e. The van der Waals surface area contributed by atoms with Gasteiger partial charge in [-0.05, 0) is 45.4 Å². The number of rotatable bonds is 4. The minimum atomic E-state index is -0.961. The van der Waals surface area contributed by atoms with E-state index < -0.39 is 22.8 Å². The molecule has 160 valence electrons. The molecule has 3 rings (SSSR count).